The second-order valence-electron chi connectivity index (χ2n) is 2.48. The first kappa shape index (κ1) is 9.42. The lowest BCUT2D eigenvalue weighted by Crippen LogP contribution is -2.01. The predicted molar refractivity (Wildman–Crippen MR) is 47.0 cm³/mol. The molecule has 1 aromatic heterocycles. The topological polar surface area (TPSA) is 35.0 Å². The Morgan fingerprint density at radius 2 is 2.25 bits per heavy atom. The van der Waals surface area contributed by atoms with Crippen LogP contribution in [0.2, 0.25) is 0 Å². The first-order valence-electron chi connectivity index (χ1n) is 3.64. The number of hydrogen-bond donors (Lipinski definition) is 0. The molecule has 0 aliphatic rings. The van der Waals surface area contributed by atoms with Crippen molar-refractivity contribution >= 4 is 11.6 Å². The maximum Gasteiger partial charge on any atom is 0.154 e. The van der Waals surface area contributed by atoms with Gasteiger partial charge in [0.25, 0.3) is 0 Å². The van der Waals surface area contributed by atoms with Crippen LogP contribution in [0.3, 0.4) is 0 Å². The van der Waals surface area contributed by atoms with Crippen LogP contribution >= 0.6 is 11.6 Å². The monoisotopic (exact) mass is 186 g/mol. The summed E-state index contributed by atoms with van der Waals surface area (Å²) in [6.07, 6.45) is 0. The molecule has 0 aliphatic carbocycles. The zero-order valence-corrected chi connectivity index (χ0v) is 7.93. The number of alkyl halides is 1. The fourth-order valence-corrected chi connectivity index (χ4v) is 1.10. The molecule has 4 heteroatoms. The summed E-state index contributed by atoms with van der Waals surface area (Å²) in [6.45, 7) is 2.35. The number of aryl methyl sites for hydroxylation is 1. The molecule has 12 heavy (non-hydrogen) atoms. The van der Waals surface area contributed by atoms with Gasteiger partial charge in [-0.1, -0.05) is 0 Å². The van der Waals surface area contributed by atoms with E-state index in [2.05, 4.69) is 9.97 Å². The van der Waals surface area contributed by atoms with Crippen molar-refractivity contribution in [3.05, 3.63) is 23.3 Å². The van der Waals surface area contributed by atoms with Crippen molar-refractivity contribution in [1.29, 1.82) is 0 Å². The minimum atomic E-state index is 0.417. The molecule has 0 aliphatic heterocycles. The normalized spacial score (nSPS) is 10.2. The highest BCUT2D eigenvalue weighted by Gasteiger charge is 2.00. The Morgan fingerprint density at radius 1 is 1.50 bits per heavy atom. The third-order valence-corrected chi connectivity index (χ3v) is 1.64. The summed E-state index contributed by atoms with van der Waals surface area (Å²) in [7, 11) is 1.62. The van der Waals surface area contributed by atoms with E-state index in [4.69, 9.17) is 16.3 Å². The molecule has 1 heterocycles. The van der Waals surface area contributed by atoms with Crippen LogP contribution in [0.15, 0.2) is 6.07 Å². The molecule has 0 aromatic carbocycles. The smallest absolute Gasteiger partial charge is 0.154 e. The average Bonchev–Trinajstić information content (AvgIpc) is 2.04. The van der Waals surface area contributed by atoms with Gasteiger partial charge in [-0.15, -0.1) is 11.6 Å². The lowest BCUT2D eigenvalue weighted by atomic mass is 10.3. The van der Waals surface area contributed by atoms with Crippen LogP contribution in [0.1, 0.15) is 17.2 Å². The van der Waals surface area contributed by atoms with Crippen molar-refractivity contribution in [2.75, 3.05) is 7.11 Å². The fourth-order valence-electron chi connectivity index (χ4n) is 0.962. The zero-order chi connectivity index (χ0) is 8.97. The van der Waals surface area contributed by atoms with E-state index < -0.39 is 0 Å². The van der Waals surface area contributed by atoms with Gasteiger partial charge in [0.2, 0.25) is 0 Å². The Labute approximate surface area is 76.7 Å². The Bertz CT molecular complexity index is 265. The van der Waals surface area contributed by atoms with E-state index in [1.807, 2.05) is 13.0 Å². The molecular weight excluding hydrogens is 176 g/mol. The van der Waals surface area contributed by atoms with Crippen molar-refractivity contribution < 1.29 is 4.74 Å². The number of ether oxygens (including phenoxy) is 1. The maximum atomic E-state index is 5.64. The lowest BCUT2D eigenvalue weighted by molar-refractivity contribution is 0.177. The van der Waals surface area contributed by atoms with Gasteiger partial charge in [0.15, 0.2) is 5.82 Å². The van der Waals surface area contributed by atoms with E-state index in [-0.39, 0.29) is 0 Å². The van der Waals surface area contributed by atoms with Crippen LogP contribution in [0.4, 0.5) is 0 Å². The van der Waals surface area contributed by atoms with Gasteiger partial charge in [0, 0.05) is 12.8 Å². The van der Waals surface area contributed by atoms with Crippen LogP contribution < -0.4 is 0 Å². The summed E-state index contributed by atoms with van der Waals surface area (Å²) in [5.41, 5.74) is 1.77. The Morgan fingerprint density at radius 3 is 2.83 bits per heavy atom. The van der Waals surface area contributed by atoms with Gasteiger partial charge in [0.1, 0.15) is 6.61 Å². The average molecular weight is 187 g/mol. The molecule has 66 valence electrons. The van der Waals surface area contributed by atoms with E-state index >= 15 is 0 Å². The molecule has 0 amide bonds. The summed E-state index contributed by atoms with van der Waals surface area (Å²) in [5, 5.41) is 0. The number of halogens is 1. The Balaban J connectivity index is 2.90. The van der Waals surface area contributed by atoms with Crippen LogP contribution in [0.5, 0.6) is 0 Å². The first-order valence-corrected chi connectivity index (χ1v) is 4.18. The van der Waals surface area contributed by atoms with Crippen LogP contribution in [0, 0.1) is 6.92 Å². The quantitative estimate of drug-likeness (QED) is 0.674. The van der Waals surface area contributed by atoms with Crippen molar-refractivity contribution in [3.63, 3.8) is 0 Å². The van der Waals surface area contributed by atoms with Crippen LogP contribution in [0.25, 0.3) is 0 Å². The Kier molecular flexibility index (Phi) is 3.44. The van der Waals surface area contributed by atoms with Gasteiger partial charge in [0.05, 0.1) is 11.6 Å². The zero-order valence-electron chi connectivity index (χ0n) is 7.17. The van der Waals surface area contributed by atoms with Crippen LogP contribution in [-0.2, 0) is 17.2 Å². The number of nitrogens with zero attached hydrogens (tertiary/aromatic N) is 2. The maximum absolute atomic E-state index is 5.64. The van der Waals surface area contributed by atoms with Crippen molar-refractivity contribution in [3.8, 4) is 0 Å². The summed E-state index contributed by atoms with van der Waals surface area (Å²) in [5.74, 6) is 1.10. The summed E-state index contributed by atoms with van der Waals surface area (Å²) in [4.78, 5) is 8.35. The van der Waals surface area contributed by atoms with Gasteiger partial charge >= 0.3 is 0 Å². The molecule has 0 radical (unpaired) electrons. The molecule has 3 nitrogen and oxygen atoms in total. The minimum absolute atomic E-state index is 0.417. The van der Waals surface area contributed by atoms with Gasteiger partial charge in [-0.2, -0.15) is 0 Å². The third kappa shape index (κ3) is 2.43. The molecule has 1 aromatic rings. The highest BCUT2D eigenvalue weighted by molar-refractivity contribution is 6.16. The van der Waals surface area contributed by atoms with Gasteiger partial charge in [-0.05, 0) is 13.0 Å². The molecule has 0 spiro atoms. The molecule has 0 N–H and O–H groups in total. The highest BCUT2D eigenvalue weighted by atomic mass is 35.5. The third-order valence-electron chi connectivity index (χ3n) is 1.36. The number of methoxy groups -OCH3 is 1. The lowest BCUT2D eigenvalue weighted by Gasteiger charge is -2.01. The summed E-state index contributed by atoms with van der Waals surface area (Å²) >= 11 is 5.64. The van der Waals surface area contributed by atoms with Gasteiger partial charge < -0.3 is 4.74 Å². The van der Waals surface area contributed by atoms with Crippen molar-refractivity contribution in [2.45, 2.75) is 19.4 Å². The highest BCUT2D eigenvalue weighted by Crippen LogP contribution is 2.04. The van der Waals surface area contributed by atoms with Gasteiger partial charge in [-0.3, -0.25) is 0 Å². The molecule has 0 atom stereocenters. The standard InChI is InChI=1S/C8H11ClN2O/c1-6-3-7(4-9)11-8(10-6)5-12-2/h3H,4-5H2,1-2H3. The van der Waals surface area contributed by atoms with E-state index in [9.17, 15) is 0 Å². The van der Waals surface area contributed by atoms with Gasteiger partial charge in [-0.25, -0.2) is 9.97 Å². The minimum Gasteiger partial charge on any atom is -0.377 e. The van der Waals surface area contributed by atoms with Crippen molar-refractivity contribution in [2.24, 2.45) is 0 Å². The molecule has 0 unspecified atom stereocenters. The number of hydrogen-bond acceptors (Lipinski definition) is 3. The second-order valence-corrected chi connectivity index (χ2v) is 2.75. The van der Waals surface area contributed by atoms with Crippen molar-refractivity contribution in [1.82, 2.24) is 9.97 Å². The predicted octanol–water partition coefficient (Wildman–Crippen LogP) is 1.67. The van der Waals surface area contributed by atoms with E-state index in [0.717, 1.165) is 11.4 Å². The first-order chi connectivity index (χ1) is 5.76. The fraction of sp³-hybridized carbons (Fsp3) is 0.500. The Hall–Kier alpha value is -0.670. The largest absolute Gasteiger partial charge is 0.377 e. The summed E-state index contributed by atoms with van der Waals surface area (Å²) in [6, 6.07) is 1.87. The van der Waals surface area contributed by atoms with E-state index in [0.29, 0.717) is 18.3 Å². The molecule has 0 saturated carbocycles. The SMILES string of the molecule is COCc1nc(C)cc(CCl)n1. The molecule has 0 bridgehead atoms. The van der Waals surface area contributed by atoms with E-state index in [1.54, 1.807) is 7.11 Å². The summed E-state index contributed by atoms with van der Waals surface area (Å²) < 4.78 is 4.91. The molecule has 0 saturated heterocycles. The molecule has 1 rings (SSSR count). The number of aromatic nitrogens is 2. The van der Waals surface area contributed by atoms with Crippen LogP contribution in [-0.4, -0.2) is 17.1 Å². The molecule has 0 fully saturated rings. The number of rotatable bonds is 3. The van der Waals surface area contributed by atoms with E-state index in [1.165, 1.54) is 0 Å². The second kappa shape index (κ2) is 4.38. The molecular formula is C8H11ClN2O.